The Hall–Kier alpha value is -1.26. The molecule has 0 heterocycles. The lowest BCUT2D eigenvalue weighted by Gasteiger charge is -2.37. The van der Waals surface area contributed by atoms with E-state index in [2.05, 4.69) is 5.32 Å². The lowest BCUT2D eigenvalue weighted by atomic mass is 9.82. The molecule has 0 aliphatic heterocycles. The second-order valence-electron chi connectivity index (χ2n) is 5.04. The van der Waals surface area contributed by atoms with Crippen molar-refractivity contribution in [1.82, 2.24) is 5.32 Å². The minimum atomic E-state index is -1.02. The van der Waals surface area contributed by atoms with Crippen LogP contribution in [0, 0.1) is 5.92 Å². The third-order valence-electron chi connectivity index (χ3n) is 3.50. The van der Waals surface area contributed by atoms with E-state index >= 15 is 0 Å². The Morgan fingerprint density at radius 3 is 2.41 bits per heavy atom. The standard InChI is InChI=1S/C12H21NO4/c1-4-8(2)9(10(14)15)13-11(16)17-12(3)6-5-7-12/h8-9H,4-7H2,1-3H3,(H,13,16)(H,14,15). The van der Waals surface area contributed by atoms with Crippen molar-refractivity contribution in [2.45, 2.75) is 58.1 Å². The summed E-state index contributed by atoms with van der Waals surface area (Å²) in [5, 5.41) is 11.5. The Morgan fingerprint density at radius 2 is 2.06 bits per heavy atom. The molecule has 0 aromatic rings. The highest BCUT2D eigenvalue weighted by Crippen LogP contribution is 2.34. The molecule has 5 nitrogen and oxygen atoms in total. The minimum absolute atomic E-state index is 0.116. The number of carbonyl (C=O) groups excluding carboxylic acids is 1. The van der Waals surface area contributed by atoms with Crippen LogP contribution >= 0.6 is 0 Å². The first kappa shape index (κ1) is 13.8. The molecular weight excluding hydrogens is 222 g/mol. The third-order valence-corrected chi connectivity index (χ3v) is 3.50. The van der Waals surface area contributed by atoms with Gasteiger partial charge in [-0.25, -0.2) is 9.59 Å². The molecule has 1 aliphatic carbocycles. The van der Waals surface area contributed by atoms with Gasteiger partial charge >= 0.3 is 12.1 Å². The SMILES string of the molecule is CCC(C)C(NC(=O)OC1(C)CCC1)C(=O)O. The lowest BCUT2D eigenvalue weighted by molar-refractivity contribution is -0.141. The van der Waals surface area contributed by atoms with Gasteiger partial charge in [0.05, 0.1) is 0 Å². The summed E-state index contributed by atoms with van der Waals surface area (Å²) >= 11 is 0. The summed E-state index contributed by atoms with van der Waals surface area (Å²) in [5.74, 6) is -1.13. The van der Waals surface area contributed by atoms with Gasteiger partial charge in [-0.05, 0) is 32.1 Å². The predicted molar refractivity (Wildman–Crippen MR) is 62.8 cm³/mol. The molecule has 2 N–H and O–H groups in total. The van der Waals surface area contributed by atoms with Gasteiger partial charge < -0.3 is 15.2 Å². The molecule has 2 unspecified atom stereocenters. The third kappa shape index (κ3) is 3.61. The van der Waals surface area contributed by atoms with Crippen LogP contribution in [0.3, 0.4) is 0 Å². The molecular formula is C12H21NO4. The van der Waals surface area contributed by atoms with Gasteiger partial charge in [0.1, 0.15) is 11.6 Å². The van der Waals surface area contributed by atoms with Crippen molar-refractivity contribution in [1.29, 1.82) is 0 Å². The van der Waals surface area contributed by atoms with E-state index in [4.69, 9.17) is 9.84 Å². The molecule has 0 radical (unpaired) electrons. The quantitative estimate of drug-likeness (QED) is 0.775. The van der Waals surface area contributed by atoms with Gasteiger partial charge in [0.15, 0.2) is 0 Å². The van der Waals surface area contributed by atoms with Crippen LogP contribution in [0.4, 0.5) is 4.79 Å². The Balaban J connectivity index is 2.49. The van der Waals surface area contributed by atoms with E-state index in [-0.39, 0.29) is 5.92 Å². The van der Waals surface area contributed by atoms with E-state index < -0.39 is 23.7 Å². The van der Waals surface area contributed by atoms with E-state index in [1.807, 2.05) is 13.8 Å². The van der Waals surface area contributed by atoms with Crippen LogP contribution in [0.5, 0.6) is 0 Å². The van der Waals surface area contributed by atoms with E-state index in [1.54, 1.807) is 6.92 Å². The fourth-order valence-electron chi connectivity index (χ4n) is 1.84. The van der Waals surface area contributed by atoms with Crippen molar-refractivity contribution in [2.24, 2.45) is 5.92 Å². The first-order valence-electron chi connectivity index (χ1n) is 6.10. The fourth-order valence-corrected chi connectivity index (χ4v) is 1.84. The number of rotatable bonds is 5. The molecule has 0 saturated heterocycles. The summed E-state index contributed by atoms with van der Waals surface area (Å²) in [4.78, 5) is 22.6. The van der Waals surface area contributed by atoms with Crippen LogP contribution in [0.1, 0.15) is 46.5 Å². The van der Waals surface area contributed by atoms with E-state index in [1.165, 1.54) is 0 Å². The summed E-state index contributed by atoms with van der Waals surface area (Å²) < 4.78 is 5.24. The number of carbonyl (C=O) groups is 2. The van der Waals surface area contributed by atoms with Crippen molar-refractivity contribution < 1.29 is 19.4 Å². The molecule has 2 atom stereocenters. The number of carboxylic acid groups (broad SMARTS) is 1. The second-order valence-corrected chi connectivity index (χ2v) is 5.04. The van der Waals surface area contributed by atoms with Crippen molar-refractivity contribution >= 4 is 12.1 Å². The van der Waals surface area contributed by atoms with Crippen LogP contribution in [0.15, 0.2) is 0 Å². The van der Waals surface area contributed by atoms with Gasteiger partial charge in [-0.2, -0.15) is 0 Å². The summed E-state index contributed by atoms with van der Waals surface area (Å²) in [6, 6.07) is -0.879. The molecule has 0 spiro atoms. The van der Waals surface area contributed by atoms with Crippen LogP contribution in [0.25, 0.3) is 0 Å². The van der Waals surface area contributed by atoms with E-state index in [0.717, 1.165) is 19.3 Å². The summed E-state index contributed by atoms with van der Waals surface area (Å²) in [6.45, 7) is 5.56. The van der Waals surface area contributed by atoms with Crippen molar-refractivity contribution in [3.05, 3.63) is 0 Å². The average molecular weight is 243 g/mol. The lowest BCUT2D eigenvalue weighted by Crippen LogP contribution is -2.49. The van der Waals surface area contributed by atoms with Crippen molar-refractivity contribution in [3.63, 3.8) is 0 Å². The number of nitrogens with one attached hydrogen (secondary N) is 1. The minimum Gasteiger partial charge on any atom is -0.480 e. The Bertz CT molecular complexity index is 299. The second kappa shape index (κ2) is 5.38. The number of hydrogen-bond acceptors (Lipinski definition) is 3. The molecule has 1 saturated carbocycles. The molecule has 1 fully saturated rings. The zero-order valence-corrected chi connectivity index (χ0v) is 10.7. The monoisotopic (exact) mass is 243 g/mol. The first-order valence-corrected chi connectivity index (χ1v) is 6.10. The predicted octanol–water partition coefficient (Wildman–Crippen LogP) is 2.15. The number of carboxylic acids is 1. The molecule has 0 aromatic heterocycles. The molecule has 17 heavy (non-hydrogen) atoms. The summed E-state index contributed by atoms with van der Waals surface area (Å²) in [5.41, 5.74) is -0.400. The normalized spacial score (nSPS) is 20.9. The Labute approximate surface area is 102 Å². The first-order chi connectivity index (χ1) is 7.88. The topological polar surface area (TPSA) is 75.6 Å². The van der Waals surface area contributed by atoms with E-state index in [0.29, 0.717) is 6.42 Å². The maximum absolute atomic E-state index is 11.6. The molecule has 98 valence electrons. The van der Waals surface area contributed by atoms with Crippen LogP contribution in [0.2, 0.25) is 0 Å². The molecule has 5 heteroatoms. The zero-order chi connectivity index (χ0) is 13.1. The zero-order valence-electron chi connectivity index (χ0n) is 10.7. The van der Waals surface area contributed by atoms with Gasteiger partial charge in [0.2, 0.25) is 0 Å². The summed E-state index contributed by atoms with van der Waals surface area (Å²) in [6.07, 6.45) is 2.81. The van der Waals surface area contributed by atoms with Gasteiger partial charge in [-0.3, -0.25) is 0 Å². The highest BCUT2D eigenvalue weighted by Gasteiger charge is 2.37. The number of amides is 1. The molecule has 1 rings (SSSR count). The van der Waals surface area contributed by atoms with Gasteiger partial charge in [-0.1, -0.05) is 20.3 Å². The highest BCUT2D eigenvalue weighted by molar-refractivity contribution is 5.80. The van der Waals surface area contributed by atoms with Crippen molar-refractivity contribution in [2.75, 3.05) is 0 Å². The van der Waals surface area contributed by atoms with Crippen LogP contribution < -0.4 is 5.32 Å². The van der Waals surface area contributed by atoms with Crippen LogP contribution in [-0.2, 0) is 9.53 Å². The van der Waals surface area contributed by atoms with E-state index in [9.17, 15) is 9.59 Å². The summed E-state index contributed by atoms with van der Waals surface area (Å²) in [7, 11) is 0. The number of aliphatic carboxylic acids is 1. The maximum Gasteiger partial charge on any atom is 0.408 e. The molecule has 0 aromatic carbocycles. The number of ether oxygens (including phenoxy) is 1. The Kier molecular flexibility index (Phi) is 4.37. The Morgan fingerprint density at radius 1 is 1.47 bits per heavy atom. The largest absolute Gasteiger partial charge is 0.480 e. The van der Waals surface area contributed by atoms with Crippen LogP contribution in [-0.4, -0.2) is 28.8 Å². The van der Waals surface area contributed by atoms with Gasteiger partial charge in [0, 0.05) is 0 Å². The van der Waals surface area contributed by atoms with Gasteiger partial charge in [-0.15, -0.1) is 0 Å². The number of alkyl carbamates (subject to hydrolysis) is 1. The van der Waals surface area contributed by atoms with Crippen molar-refractivity contribution in [3.8, 4) is 0 Å². The molecule has 1 amide bonds. The van der Waals surface area contributed by atoms with Gasteiger partial charge in [0.25, 0.3) is 0 Å². The number of hydrogen-bond donors (Lipinski definition) is 2. The average Bonchev–Trinajstić information content (AvgIpc) is 2.22. The molecule has 0 bridgehead atoms. The fraction of sp³-hybridized carbons (Fsp3) is 0.833. The smallest absolute Gasteiger partial charge is 0.408 e. The molecule has 1 aliphatic rings. The maximum atomic E-state index is 11.6. The highest BCUT2D eigenvalue weighted by atomic mass is 16.6.